The van der Waals surface area contributed by atoms with E-state index in [1.807, 2.05) is 32.0 Å². The molecule has 0 unspecified atom stereocenters. The molecule has 3 aromatic carbocycles. The second-order valence-electron chi connectivity index (χ2n) is 8.85. The summed E-state index contributed by atoms with van der Waals surface area (Å²) in [4.78, 5) is 51.7. The van der Waals surface area contributed by atoms with E-state index in [0.29, 0.717) is 21.5 Å². The fourth-order valence-corrected chi connectivity index (χ4v) is 4.61. The zero-order chi connectivity index (χ0) is 29.0. The number of nitrogens with one attached hydrogen (secondary N) is 2. The van der Waals surface area contributed by atoms with Gasteiger partial charge in [-0.15, -0.1) is 0 Å². The van der Waals surface area contributed by atoms with Gasteiger partial charge in [-0.3, -0.25) is 19.7 Å². The average molecular weight is 608 g/mol. The Hall–Kier alpha value is -4.64. The van der Waals surface area contributed by atoms with Crippen LogP contribution in [0.3, 0.4) is 0 Å². The molecule has 0 atom stereocenters. The van der Waals surface area contributed by atoms with Crippen LogP contribution in [0.15, 0.2) is 64.6 Å². The number of barbiturate groups is 1. The first-order chi connectivity index (χ1) is 19.1. The van der Waals surface area contributed by atoms with Gasteiger partial charge in [-0.05, 0) is 89.4 Å². The van der Waals surface area contributed by atoms with Gasteiger partial charge in [0.1, 0.15) is 11.3 Å². The van der Waals surface area contributed by atoms with Crippen LogP contribution in [-0.2, 0) is 14.4 Å². The highest BCUT2D eigenvalue weighted by molar-refractivity contribution is 9.10. The predicted molar refractivity (Wildman–Crippen MR) is 153 cm³/mol. The predicted octanol–water partition coefficient (Wildman–Crippen LogP) is 4.77. The number of urea groups is 1. The molecule has 0 aromatic heterocycles. The Balaban J connectivity index is 1.55. The van der Waals surface area contributed by atoms with Crippen molar-refractivity contribution in [3.63, 3.8) is 0 Å². The summed E-state index contributed by atoms with van der Waals surface area (Å²) in [6.07, 6.45) is 1.34. The summed E-state index contributed by atoms with van der Waals surface area (Å²) in [6.45, 7) is 3.58. The SMILES string of the molecule is COc1ccc(N2C(=O)NC(=O)/C(=C\c3cc(Br)c(OCC(=O)Nc4ccc(C)cc4C)c(OC)c3)C2=O)cc1. The lowest BCUT2D eigenvalue weighted by Crippen LogP contribution is -2.54. The third-order valence-corrected chi connectivity index (χ3v) is 6.59. The molecule has 1 saturated heterocycles. The molecule has 3 aromatic rings. The van der Waals surface area contributed by atoms with E-state index < -0.39 is 17.8 Å². The second kappa shape index (κ2) is 12.0. The van der Waals surface area contributed by atoms with Crippen molar-refractivity contribution in [3.05, 3.63) is 81.3 Å². The Morgan fingerprint density at radius 2 is 1.73 bits per heavy atom. The molecule has 10 nitrogen and oxygen atoms in total. The topological polar surface area (TPSA) is 123 Å². The van der Waals surface area contributed by atoms with Crippen molar-refractivity contribution in [1.29, 1.82) is 0 Å². The van der Waals surface area contributed by atoms with E-state index in [1.165, 1.54) is 32.4 Å². The zero-order valence-corrected chi connectivity index (χ0v) is 23.7. The quantitative estimate of drug-likeness (QED) is 0.279. The van der Waals surface area contributed by atoms with Gasteiger partial charge in [0.2, 0.25) is 0 Å². The van der Waals surface area contributed by atoms with Crippen LogP contribution >= 0.6 is 15.9 Å². The highest BCUT2D eigenvalue weighted by atomic mass is 79.9. The zero-order valence-electron chi connectivity index (χ0n) is 22.2. The van der Waals surface area contributed by atoms with Crippen molar-refractivity contribution in [2.75, 3.05) is 31.0 Å². The van der Waals surface area contributed by atoms with Gasteiger partial charge in [0.25, 0.3) is 17.7 Å². The number of methoxy groups -OCH3 is 2. The minimum absolute atomic E-state index is 0.257. The van der Waals surface area contributed by atoms with Crippen molar-refractivity contribution in [2.45, 2.75) is 13.8 Å². The number of ether oxygens (including phenoxy) is 3. The number of imide groups is 2. The first-order valence-electron chi connectivity index (χ1n) is 12.0. The molecule has 1 aliphatic rings. The first kappa shape index (κ1) is 28.4. The number of carbonyl (C=O) groups excluding carboxylic acids is 4. The number of halogens is 1. The van der Waals surface area contributed by atoms with E-state index in [1.54, 1.807) is 24.3 Å². The largest absolute Gasteiger partial charge is 0.497 e. The van der Waals surface area contributed by atoms with Gasteiger partial charge in [0.15, 0.2) is 18.1 Å². The molecule has 1 fully saturated rings. The maximum Gasteiger partial charge on any atom is 0.335 e. The number of amides is 5. The number of hydrogen-bond acceptors (Lipinski definition) is 7. The van der Waals surface area contributed by atoms with Gasteiger partial charge < -0.3 is 19.5 Å². The van der Waals surface area contributed by atoms with Gasteiger partial charge >= 0.3 is 6.03 Å². The number of nitrogens with zero attached hydrogens (tertiary/aromatic N) is 1. The molecule has 0 aliphatic carbocycles. The highest BCUT2D eigenvalue weighted by Crippen LogP contribution is 2.37. The minimum Gasteiger partial charge on any atom is -0.497 e. The third kappa shape index (κ3) is 6.15. The molecule has 2 N–H and O–H groups in total. The molecule has 40 heavy (non-hydrogen) atoms. The van der Waals surface area contributed by atoms with E-state index in [-0.39, 0.29) is 35.3 Å². The van der Waals surface area contributed by atoms with Crippen molar-refractivity contribution in [3.8, 4) is 17.2 Å². The number of hydrogen-bond donors (Lipinski definition) is 2. The van der Waals surface area contributed by atoms with E-state index in [9.17, 15) is 19.2 Å². The molecule has 1 heterocycles. The third-order valence-electron chi connectivity index (χ3n) is 6.00. The number of benzene rings is 3. The van der Waals surface area contributed by atoms with Crippen LogP contribution in [0.25, 0.3) is 6.08 Å². The summed E-state index contributed by atoms with van der Waals surface area (Å²) in [5, 5.41) is 5.00. The molecule has 0 spiro atoms. The van der Waals surface area contributed by atoms with Gasteiger partial charge in [-0.25, -0.2) is 9.69 Å². The highest BCUT2D eigenvalue weighted by Gasteiger charge is 2.37. The Morgan fingerprint density at radius 3 is 2.38 bits per heavy atom. The summed E-state index contributed by atoms with van der Waals surface area (Å²) in [5.74, 6) is -0.930. The van der Waals surface area contributed by atoms with Crippen molar-refractivity contribution in [2.24, 2.45) is 0 Å². The van der Waals surface area contributed by atoms with Gasteiger partial charge in [0, 0.05) is 5.69 Å². The molecule has 0 bridgehead atoms. The van der Waals surface area contributed by atoms with E-state index >= 15 is 0 Å². The number of carbonyl (C=O) groups is 4. The molecule has 11 heteroatoms. The summed E-state index contributed by atoms with van der Waals surface area (Å²) in [6, 6.07) is 14.2. The number of anilines is 2. The van der Waals surface area contributed by atoms with Crippen molar-refractivity contribution >= 4 is 57.1 Å². The van der Waals surface area contributed by atoms with Crippen LogP contribution in [-0.4, -0.2) is 44.6 Å². The van der Waals surface area contributed by atoms with Crippen LogP contribution < -0.4 is 29.7 Å². The van der Waals surface area contributed by atoms with Crippen LogP contribution in [0, 0.1) is 13.8 Å². The molecule has 4 rings (SSSR count). The normalized spacial score (nSPS) is 14.2. The summed E-state index contributed by atoms with van der Waals surface area (Å²) in [7, 11) is 2.92. The Morgan fingerprint density at radius 1 is 1.00 bits per heavy atom. The van der Waals surface area contributed by atoms with Crippen molar-refractivity contribution < 1.29 is 33.4 Å². The summed E-state index contributed by atoms with van der Waals surface area (Å²) >= 11 is 3.41. The summed E-state index contributed by atoms with van der Waals surface area (Å²) < 4.78 is 16.7. The first-order valence-corrected chi connectivity index (χ1v) is 12.8. The standard InChI is InChI=1S/C29H26BrN3O7/c1-16-5-10-23(17(2)11-16)31-25(34)15-40-26-22(30)13-18(14-24(26)39-4)12-21-27(35)32-29(37)33(28(21)36)19-6-8-20(38-3)9-7-19/h5-14H,15H2,1-4H3,(H,31,34)(H,32,35,37)/b21-12+. The Kier molecular flexibility index (Phi) is 8.54. The van der Waals surface area contributed by atoms with E-state index in [0.717, 1.165) is 16.0 Å². The van der Waals surface area contributed by atoms with Crippen molar-refractivity contribution in [1.82, 2.24) is 5.32 Å². The molecular weight excluding hydrogens is 582 g/mol. The van der Waals surface area contributed by atoms with E-state index in [2.05, 4.69) is 26.6 Å². The molecule has 206 valence electrons. The van der Waals surface area contributed by atoms with Gasteiger partial charge in [-0.1, -0.05) is 17.7 Å². The molecule has 5 amide bonds. The summed E-state index contributed by atoms with van der Waals surface area (Å²) in [5.41, 5.74) is 3.12. The van der Waals surface area contributed by atoms with Crippen LogP contribution in [0.4, 0.5) is 16.2 Å². The average Bonchev–Trinajstić information content (AvgIpc) is 2.92. The monoisotopic (exact) mass is 607 g/mol. The van der Waals surface area contributed by atoms with Crippen LogP contribution in [0.1, 0.15) is 16.7 Å². The number of aryl methyl sites for hydroxylation is 2. The fourth-order valence-electron chi connectivity index (χ4n) is 4.03. The Bertz CT molecular complexity index is 1530. The maximum atomic E-state index is 13.2. The lowest BCUT2D eigenvalue weighted by atomic mass is 10.1. The fraction of sp³-hybridized carbons (Fsp3) is 0.172. The molecule has 1 aliphatic heterocycles. The molecule has 0 saturated carbocycles. The van der Waals surface area contributed by atoms with E-state index in [4.69, 9.17) is 14.2 Å². The molecular formula is C29H26BrN3O7. The number of rotatable bonds is 8. The maximum absolute atomic E-state index is 13.2. The van der Waals surface area contributed by atoms with Crippen LogP contribution in [0.2, 0.25) is 0 Å². The smallest absolute Gasteiger partial charge is 0.335 e. The Labute approximate surface area is 239 Å². The second-order valence-corrected chi connectivity index (χ2v) is 9.70. The van der Waals surface area contributed by atoms with Gasteiger partial charge in [0.05, 0.1) is 24.4 Å². The lowest BCUT2D eigenvalue weighted by Gasteiger charge is -2.26. The lowest BCUT2D eigenvalue weighted by molar-refractivity contribution is -0.122. The minimum atomic E-state index is -0.862. The van der Waals surface area contributed by atoms with Gasteiger partial charge in [-0.2, -0.15) is 0 Å². The molecule has 0 radical (unpaired) electrons. The van der Waals surface area contributed by atoms with Crippen LogP contribution in [0.5, 0.6) is 17.2 Å².